The van der Waals surface area contributed by atoms with Gasteiger partial charge >= 0.3 is 0 Å². The van der Waals surface area contributed by atoms with E-state index >= 15 is 0 Å². The van der Waals surface area contributed by atoms with Crippen LogP contribution in [-0.2, 0) is 6.54 Å². The molecule has 0 fully saturated rings. The first kappa shape index (κ1) is 18.8. The third kappa shape index (κ3) is 4.73. The summed E-state index contributed by atoms with van der Waals surface area (Å²) < 4.78 is 15.8. The number of oxazole rings is 1. The summed E-state index contributed by atoms with van der Waals surface area (Å²) >= 11 is 0. The average Bonchev–Trinajstić information content (AvgIpc) is 3.14. The SMILES string of the molecule is CCC(C)C(N)c1nc(C(=O)NCc2cc(OC)cc(OC)c2)co1. The fourth-order valence-corrected chi connectivity index (χ4v) is 2.28. The van der Waals surface area contributed by atoms with Crippen LogP contribution in [-0.4, -0.2) is 25.1 Å². The van der Waals surface area contributed by atoms with Crippen LogP contribution in [0.3, 0.4) is 0 Å². The number of hydrogen-bond acceptors (Lipinski definition) is 6. The summed E-state index contributed by atoms with van der Waals surface area (Å²) in [6, 6.07) is 5.10. The van der Waals surface area contributed by atoms with Crippen molar-refractivity contribution in [2.75, 3.05) is 14.2 Å². The van der Waals surface area contributed by atoms with Crippen LogP contribution in [0.2, 0.25) is 0 Å². The molecule has 1 aromatic heterocycles. The van der Waals surface area contributed by atoms with E-state index < -0.39 is 0 Å². The van der Waals surface area contributed by atoms with Gasteiger partial charge in [0, 0.05) is 12.6 Å². The summed E-state index contributed by atoms with van der Waals surface area (Å²) in [4.78, 5) is 16.5. The Morgan fingerprint density at radius 2 is 1.92 bits per heavy atom. The number of methoxy groups -OCH3 is 2. The first-order chi connectivity index (χ1) is 12.0. The lowest BCUT2D eigenvalue weighted by Gasteiger charge is -2.13. The maximum atomic E-state index is 12.3. The standard InChI is InChI=1S/C18H25N3O4/c1-5-11(2)16(19)18-21-15(10-25-18)17(22)20-9-12-6-13(23-3)8-14(7-12)24-4/h6-8,10-11,16H,5,9,19H2,1-4H3,(H,20,22). The van der Waals surface area contributed by atoms with Gasteiger partial charge in [0.05, 0.1) is 20.3 Å². The van der Waals surface area contributed by atoms with Crippen LogP contribution in [0.25, 0.3) is 0 Å². The van der Waals surface area contributed by atoms with Crippen molar-refractivity contribution < 1.29 is 18.7 Å². The van der Waals surface area contributed by atoms with Crippen molar-refractivity contribution >= 4 is 5.91 Å². The molecule has 2 atom stereocenters. The lowest BCUT2D eigenvalue weighted by atomic mass is 10.0. The Hall–Kier alpha value is -2.54. The van der Waals surface area contributed by atoms with Crippen LogP contribution in [0.5, 0.6) is 11.5 Å². The highest BCUT2D eigenvalue weighted by atomic mass is 16.5. The van der Waals surface area contributed by atoms with Crippen LogP contribution >= 0.6 is 0 Å². The minimum atomic E-state index is -0.326. The van der Waals surface area contributed by atoms with Crippen LogP contribution in [0, 0.1) is 5.92 Å². The zero-order valence-electron chi connectivity index (χ0n) is 15.0. The van der Waals surface area contributed by atoms with Gasteiger partial charge in [-0.1, -0.05) is 20.3 Å². The molecule has 2 aromatic rings. The number of benzene rings is 1. The third-order valence-electron chi connectivity index (χ3n) is 4.16. The van der Waals surface area contributed by atoms with E-state index in [1.807, 2.05) is 26.0 Å². The van der Waals surface area contributed by atoms with Crippen molar-refractivity contribution in [2.24, 2.45) is 11.7 Å². The van der Waals surface area contributed by atoms with Crippen molar-refractivity contribution in [2.45, 2.75) is 32.9 Å². The number of carbonyl (C=O) groups excluding carboxylic acids is 1. The Labute approximate surface area is 147 Å². The van der Waals surface area contributed by atoms with Gasteiger partial charge in [0.15, 0.2) is 5.69 Å². The van der Waals surface area contributed by atoms with E-state index in [1.165, 1.54) is 6.26 Å². The molecule has 1 heterocycles. The summed E-state index contributed by atoms with van der Waals surface area (Å²) in [6.45, 7) is 4.38. The minimum absolute atomic E-state index is 0.212. The number of nitrogens with one attached hydrogen (secondary N) is 1. The topological polar surface area (TPSA) is 99.6 Å². The number of ether oxygens (including phenoxy) is 2. The summed E-state index contributed by atoms with van der Waals surface area (Å²) in [5, 5.41) is 2.80. The first-order valence-corrected chi connectivity index (χ1v) is 8.19. The van der Waals surface area contributed by atoms with E-state index in [-0.39, 0.29) is 23.6 Å². The predicted molar refractivity (Wildman–Crippen MR) is 93.6 cm³/mol. The molecule has 0 aliphatic carbocycles. The Balaban J connectivity index is 2.02. The van der Waals surface area contributed by atoms with Crippen LogP contribution in [0.4, 0.5) is 0 Å². The number of aromatic nitrogens is 1. The first-order valence-electron chi connectivity index (χ1n) is 8.19. The second-order valence-corrected chi connectivity index (χ2v) is 5.89. The van der Waals surface area contributed by atoms with E-state index in [4.69, 9.17) is 19.6 Å². The Bertz CT molecular complexity index is 692. The maximum absolute atomic E-state index is 12.3. The number of carbonyl (C=O) groups is 1. The highest BCUT2D eigenvalue weighted by Gasteiger charge is 2.20. The van der Waals surface area contributed by atoms with E-state index in [0.29, 0.717) is 23.9 Å². The molecule has 2 unspecified atom stereocenters. The van der Waals surface area contributed by atoms with Crippen molar-refractivity contribution in [1.82, 2.24) is 10.3 Å². The Kier molecular flexibility index (Phi) is 6.41. The van der Waals surface area contributed by atoms with Crippen molar-refractivity contribution in [3.63, 3.8) is 0 Å². The number of rotatable bonds is 8. The number of amides is 1. The number of nitrogens with zero attached hydrogens (tertiary/aromatic N) is 1. The Morgan fingerprint density at radius 3 is 2.48 bits per heavy atom. The summed E-state index contributed by atoms with van der Waals surface area (Å²) in [5.74, 6) is 1.59. The highest BCUT2D eigenvalue weighted by molar-refractivity contribution is 5.91. The molecule has 0 radical (unpaired) electrons. The predicted octanol–water partition coefficient (Wildman–Crippen LogP) is 2.67. The molecule has 0 aliphatic heterocycles. The van der Waals surface area contributed by atoms with Crippen molar-refractivity contribution in [3.05, 3.63) is 41.6 Å². The van der Waals surface area contributed by atoms with Gasteiger partial charge in [0.1, 0.15) is 17.8 Å². The second-order valence-electron chi connectivity index (χ2n) is 5.89. The van der Waals surface area contributed by atoms with Crippen molar-refractivity contribution in [1.29, 1.82) is 0 Å². The normalized spacial score (nSPS) is 13.2. The lowest BCUT2D eigenvalue weighted by molar-refractivity contribution is 0.0945. The molecule has 1 aromatic carbocycles. The summed E-state index contributed by atoms with van der Waals surface area (Å²) in [5.41, 5.74) is 7.14. The van der Waals surface area contributed by atoms with E-state index in [2.05, 4.69) is 10.3 Å². The van der Waals surface area contributed by atoms with Gasteiger partial charge < -0.3 is 24.9 Å². The summed E-state index contributed by atoms with van der Waals surface area (Å²) in [6.07, 6.45) is 2.24. The van der Waals surface area contributed by atoms with Crippen molar-refractivity contribution in [3.8, 4) is 11.5 Å². The van der Waals surface area contributed by atoms with Gasteiger partial charge in [-0.25, -0.2) is 4.98 Å². The minimum Gasteiger partial charge on any atom is -0.497 e. The molecule has 7 nitrogen and oxygen atoms in total. The monoisotopic (exact) mass is 347 g/mol. The fraction of sp³-hybridized carbons (Fsp3) is 0.444. The molecule has 1 amide bonds. The van der Waals surface area contributed by atoms with E-state index in [1.54, 1.807) is 20.3 Å². The molecular formula is C18H25N3O4. The molecule has 2 rings (SSSR count). The zero-order chi connectivity index (χ0) is 18.4. The van der Waals surface area contributed by atoms with Gasteiger partial charge in [-0.05, 0) is 23.6 Å². The average molecular weight is 347 g/mol. The van der Waals surface area contributed by atoms with Gasteiger partial charge in [0.2, 0.25) is 5.89 Å². The highest BCUT2D eigenvalue weighted by Crippen LogP contribution is 2.23. The molecule has 7 heteroatoms. The van der Waals surface area contributed by atoms with Crippen LogP contribution in [0.1, 0.15) is 48.3 Å². The van der Waals surface area contributed by atoms with Gasteiger partial charge in [-0.3, -0.25) is 4.79 Å². The molecular weight excluding hydrogens is 322 g/mol. The lowest BCUT2D eigenvalue weighted by Crippen LogP contribution is -2.24. The molecule has 0 saturated carbocycles. The van der Waals surface area contributed by atoms with Gasteiger partial charge in [-0.15, -0.1) is 0 Å². The maximum Gasteiger partial charge on any atom is 0.273 e. The van der Waals surface area contributed by atoms with Gasteiger partial charge in [0.25, 0.3) is 5.91 Å². The molecule has 0 spiro atoms. The van der Waals surface area contributed by atoms with Gasteiger partial charge in [-0.2, -0.15) is 0 Å². The molecule has 25 heavy (non-hydrogen) atoms. The number of nitrogens with two attached hydrogens (primary N) is 1. The van der Waals surface area contributed by atoms with Crippen LogP contribution in [0.15, 0.2) is 28.9 Å². The molecule has 0 saturated heterocycles. The van der Waals surface area contributed by atoms with Crippen LogP contribution < -0.4 is 20.5 Å². The molecule has 136 valence electrons. The summed E-state index contributed by atoms with van der Waals surface area (Å²) in [7, 11) is 3.16. The van der Waals surface area contributed by atoms with E-state index in [9.17, 15) is 4.79 Å². The number of hydrogen-bond donors (Lipinski definition) is 2. The second kappa shape index (κ2) is 8.53. The quantitative estimate of drug-likeness (QED) is 0.761. The Morgan fingerprint density at radius 1 is 1.28 bits per heavy atom. The molecule has 0 aliphatic rings. The third-order valence-corrected chi connectivity index (χ3v) is 4.16. The molecule has 3 N–H and O–H groups in total. The molecule has 0 bridgehead atoms. The largest absolute Gasteiger partial charge is 0.497 e. The smallest absolute Gasteiger partial charge is 0.273 e. The fourth-order valence-electron chi connectivity index (χ4n) is 2.28. The van der Waals surface area contributed by atoms with E-state index in [0.717, 1.165) is 12.0 Å². The zero-order valence-corrected chi connectivity index (χ0v) is 15.0.